The van der Waals surface area contributed by atoms with Crippen molar-refractivity contribution in [3.63, 3.8) is 0 Å². The minimum atomic E-state index is -0.825. The first-order valence-corrected chi connectivity index (χ1v) is 10.5. The molecule has 0 spiro atoms. The summed E-state index contributed by atoms with van der Waals surface area (Å²) >= 11 is 0. The molecule has 1 saturated carbocycles. The van der Waals surface area contributed by atoms with Gasteiger partial charge in [0.25, 0.3) is 0 Å². The fourth-order valence-corrected chi connectivity index (χ4v) is 3.42. The van der Waals surface area contributed by atoms with E-state index in [0.29, 0.717) is 42.9 Å². The highest BCUT2D eigenvalue weighted by Gasteiger charge is 2.30. The first-order valence-electron chi connectivity index (χ1n) is 10.5. The summed E-state index contributed by atoms with van der Waals surface area (Å²) < 4.78 is 16.0. The maximum Gasteiger partial charge on any atom is 0.343 e. The van der Waals surface area contributed by atoms with Crippen LogP contribution in [0.15, 0.2) is 61.2 Å². The van der Waals surface area contributed by atoms with Crippen molar-refractivity contribution in [1.82, 2.24) is 0 Å². The lowest BCUT2D eigenvalue weighted by molar-refractivity contribution is -0.146. The summed E-state index contributed by atoms with van der Waals surface area (Å²) in [7, 11) is 0. The highest BCUT2D eigenvalue weighted by Crippen LogP contribution is 2.30. The normalized spacial score (nSPS) is 17.5. The lowest BCUT2D eigenvalue weighted by atomic mass is 9.82. The maximum absolute atomic E-state index is 12.4. The number of carboxylic acid groups (broad SMARTS) is 1. The van der Waals surface area contributed by atoms with Crippen molar-refractivity contribution in [1.29, 1.82) is 0 Å². The lowest BCUT2D eigenvalue weighted by Crippen LogP contribution is -2.28. The maximum atomic E-state index is 12.4. The summed E-state index contributed by atoms with van der Waals surface area (Å²) in [5.74, 6) is -1.73. The van der Waals surface area contributed by atoms with Crippen molar-refractivity contribution in [2.45, 2.75) is 25.7 Å². The van der Waals surface area contributed by atoms with E-state index in [-0.39, 0.29) is 23.9 Å². The van der Waals surface area contributed by atoms with Crippen LogP contribution in [0.25, 0.3) is 0 Å². The molecule has 0 radical (unpaired) electrons. The number of hydrogen-bond donors (Lipinski definition) is 1. The molecule has 2 aromatic rings. The van der Waals surface area contributed by atoms with Crippen LogP contribution < -0.4 is 14.2 Å². The van der Waals surface area contributed by atoms with Crippen molar-refractivity contribution in [3.05, 3.63) is 66.7 Å². The van der Waals surface area contributed by atoms with Crippen LogP contribution >= 0.6 is 0 Å². The van der Waals surface area contributed by atoms with E-state index in [0.717, 1.165) is 0 Å². The Morgan fingerprint density at radius 3 is 1.91 bits per heavy atom. The van der Waals surface area contributed by atoms with E-state index >= 15 is 0 Å². The number of benzene rings is 2. The number of ketones is 1. The van der Waals surface area contributed by atoms with Crippen LogP contribution in [0.4, 0.5) is 0 Å². The zero-order valence-corrected chi connectivity index (χ0v) is 17.9. The van der Waals surface area contributed by atoms with Gasteiger partial charge in [0.05, 0.1) is 17.4 Å². The average Bonchev–Trinajstić information content (AvgIpc) is 2.83. The van der Waals surface area contributed by atoms with Gasteiger partial charge in [-0.2, -0.15) is 0 Å². The first kappa shape index (κ1) is 23.7. The highest BCUT2D eigenvalue weighted by molar-refractivity contribution is 5.91. The first-order chi connectivity index (χ1) is 15.9. The summed E-state index contributed by atoms with van der Waals surface area (Å²) in [6, 6.07) is 12.2. The average molecular weight is 452 g/mol. The molecular formula is C25H24O8. The Labute approximate surface area is 190 Å². The van der Waals surface area contributed by atoms with Gasteiger partial charge in [-0.25, -0.2) is 4.79 Å². The molecule has 1 aliphatic rings. The molecule has 2 aromatic carbocycles. The molecule has 0 aromatic heterocycles. The van der Waals surface area contributed by atoms with E-state index in [9.17, 15) is 19.2 Å². The Balaban J connectivity index is 1.49. The van der Waals surface area contributed by atoms with Crippen molar-refractivity contribution in [3.8, 4) is 17.2 Å². The number of ether oxygens (including phenoxy) is 3. The summed E-state index contributed by atoms with van der Waals surface area (Å²) in [6.07, 6.45) is 3.05. The number of aliphatic carboxylic acids is 1. The number of rotatable bonds is 9. The molecular weight excluding hydrogens is 428 g/mol. The quantitative estimate of drug-likeness (QED) is 0.347. The fourth-order valence-electron chi connectivity index (χ4n) is 3.42. The SMILES string of the molecule is C=CC(=O)COc1ccc(OC(=O)c2ccc(OC(=O)C3CCC(C(=O)O)CC3)cc2)cc1. The molecule has 0 amide bonds. The summed E-state index contributed by atoms with van der Waals surface area (Å²) in [6.45, 7) is 3.25. The second-order valence-corrected chi connectivity index (χ2v) is 7.65. The Morgan fingerprint density at radius 1 is 0.818 bits per heavy atom. The summed E-state index contributed by atoms with van der Waals surface area (Å²) in [5.41, 5.74) is 0.272. The topological polar surface area (TPSA) is 116 Å². The van der Waals surface area contributed by atoms with E-state index in [1.54, 1.807) is 24.3 Å². The third-order valence-electron chi connectivity index (χ3n) is 5.36. The molecule has 1 fully saturated rings. The number of carbonyl (C=O) groups is 4. The van der Waals surface area contributed by atoms with Crippen molar-refractivity contribution in [2.24, 2.45) is 11.8 Å². The van der Waals surface area contributed by atoms with Crippen LogP contribution in [-0.4, -0.2) is 35.4 Å². The third kappa shape index (κ3) is 6.77. The van der Waals surface area contributed by atoms with E-state index in [1.165, 1.54) is 30.3 Å². The fraction of sp³-hybridized carbons (Fsp3) is 0.280. The largest absolute Gasteiger partial charge is 0.485 e. The van der Waals surface area contributed by atoms with Crippen molar-refractivity contribution < 1.29 is 38.5 Å². The molecule has 0 atom stereocenters. The molecule has 3 rings (SSSR count). The van der Waals surface area contributed by atoms with Crippen molar-refractivity contribution >= 4 is 23.7 Å². The van der Waals surface area contributed by atoms with E-state index in [1.807, 2.05) is 0 Å². The molecule has 1 N–H and O–H groups in total. The number of esters is 2. The lowest BCUT2D eigenvalue weighted by Gasteiger charge is -2.24. The molecule has 0 heterocycles. The van der Waals surface area contributed by atoms with Crippen LogP contribution in [0.1, 0.15) is 36.0 Å². The molecule has 8 nitrogen and oxygen atoms in total. The minimum Gasteiger partial charge on any atom is -0.485 e. The second-order valence-electron chi connectivity index (χ2n) is 7.65. The number of carbonyl (C=O) groups excluding carboxylic acids is 3. The predicted octanol–water partition coefficient (Wildman–Crippen LogP) is 3.84. The van der Waals surface area contributed by atoms with Gasteiger partial charge in [0.15, 0.2) is 12.4 Å². The molecule has 33 heavy (non-hydrogen) atoms. The Kier molecular flexibility index (Phi) is 7.96. The van der Waals surface area contributed by atoms with E-state index < -0.39 is 23.8 Å². The van der Waals surface area contributed by atoms with Gasteiger partial charge in [0.1, 0.15) is 17.2 Å². The summed E-state index contributed by atoms with van der Waals surface area (Å²) in [5, 5.41) is 9.05. The molecule has 0 saturated heterocycles. The molecule has 0 aliphatic heterocycles. The van der Waals surface area contributed by atoms with E-state index in [4.69, 9.17) is 19.3 Å². The van der Waals surface area contributed by atoms with Gasteiger partial charge in [-0.15, -0.1) is 0 Å². The number of carboxylic acids is 1. The molecule has 8 heteroatoms. The standard InChI is InChI=1S/C25H24O8/c1-2-19(26)15-31-20-11-13-22(14-12-20)33-25(30)18-7-9-21(10-8-18)32-24(29)17-5-3-16(4-6-17)23(27)28/h2,7-14,16-17H,1,3-6,15H2,(H,27,28). The number of hydrogen-bond acceptors (Lipinski definition) is 7. The predicted molar refractivity (Wildman–Crippen MR) is 117 cm³/mol. The van der Waals surface area contributed by atoms with Gasteiger partial charge in [-0.1, -0.05) is 6.58 Å². The van der Waals surface area contributed by atoms with Gasteiger partial charge in [-0.3, -0.25) is 14.4 Å². The zero-order valence-electron chi connectivity index (χ0n) is 17.9. The van der Waals surface area contributed by atoms with Gasteiger partial charge < -0.3 is 19.3 Å². The second kappa shape index (κ2) is 11.1. The van der Waals surface area contributed by atoms with Crippen LogP contribution in [0, 0.1) is 11.8 Å². The molecule has 172 valence electrons. The zero-order chi connectivity index (χ0) is 23.8. The van der Waals surface area contributed by atoms with E-state index in [2.05, 4.69) is 6.58 Å². The molecule has 0 unspecified atom stereocenters. The van der Waals surface area contributed by atoms with Crippen LogP contribution in [0.2, 0.25) is 0 Å². The Hall–Kier alpha value is -3.94. The van der Waals surface area contributed by atoms with Gasteiger partial charge in [0.2, 0.25) is 0 Å². The van der Waals surface area contributed by atoms with Crippen LogP contribution in [0.3, 0.4) is 0 Å². The monoisotopic (exact) mass is 452 g/mol. The van der Waals surface area contributed by atoms with Gasteiger partial charge in [-0.05, 0) is 80.3 Å². The molecule has 0 bridgehead atoms. The smallest absolute Gasteiger partial charge is 0.343 e. The van der Waals surface area contributed by atoms with Crippen LogP contribution in [-0.2, 0) is 14.4 Å². The Morgan fingerprint density at radius 2 is 1.33 bits per heavy atom. The van der Waals surface area contributed by atoms with Gasteiger partial charge in [0, 0.05) is 0 Å². The minimum absolute atomic E-state index is 0.122. The summed E-state index contributed by atoms with van der Waals surface area (Å²) in [4.78, 5) is 46.9. The van der Waals surface area contributed by atoms with Crippen LogP contribution in [0.5, 0.6) is 17.2 Å². The van der Waals surface area contributed by atoms with Crippen molar-refractivity contribution in [2.75, 3.05) is 6.61 Å². The molecule has 1 aliphatic carbocycles. The highest BCUT2D eigenvalue weighted by atomic mass is 16.5. The van der Waals surface area contributed by atoms with Gasteiger partial charge >= 0.3 is 17.9 Å². The Bertz CT molecular complexity index is 1020. The third-order valence-corrected chi connectivity index (χ3v) is 5.36.